The van der Waals surface area contributed by atoms with Gasteiger partial charge in [0.25, 0.3) is 0 Å². The molecule has 2 bridgehead atoms. The van der Waals surface area contributed by atoms with Crippen LogP contribution in [-0.2, 0) is 38.0 Å². The van der Waals surface area contributed by atoms with Gasteiger partial charge < -0.3 is 81.0 Å². The molecule has 9 N–H and O–H groups in total. The number of carbonyl (C=O) groups excluding carboxylic acids is 1. The minimum absolute atomic E-state index is 0.0512. The van der Waals surface area contributed by atoms with Crippen LogP contribution in [0, 0.1) is 12.3 Å². The summed E-state index contributed by atoms with van der Waals surface area (Å²) in [7, 11) is 1.64. The zero-order valence-corrected chi connectivity index (χ0v) is 32.9. The van der Waals surface area contributed by atoms with E-state index in [1.54, 1.807) is 7.11 Å². The molecule has 18 heteroatoms. The molecule has 3 rings (SSSR count). The lowest BCUT2D eigenvalue weighted by Crippen LogP contribution is -2.68. The molecule has 3 aliphatic heterocycles. The molecule has 0 atom stereocenters. The van der Waals surface area contributed by atoms with Crippen molar-refractivity contribution in [2.45, 2.75) is 23.9 Å². The molecule has 0 saturated carbocycles. The van der Waals surface area contributed by atoms with Gasteiger partial charge in [-0.2, -0.15) is 0 Å². The minimum atomic E-state index is -0.520. The van der Waals surface area contributed by atoms with E-state index in [0.29, 0.717) is 143 Å². The summed E-state index contributed by atoms with van der Waals surface area (Å²) in [6.07, 6.45) is 6.28. The van der Waals surface area contributed by atoms with Crippen LogP contribution in [0.1, 0.15) is 12.8 Å². The normalized spacial score (nSPS) is 22.0. The Bertz CT molecular complexity index is 925. The number of ether oxygens (including phenoxy) is 7. The number of amides is 1. The van der Waals surface area contributed by atoms with Gasteiger partial charge in [0.15, 0.2) is 5.11 Å². The van der Waals surface area contributed by atoms with E-state index in [2.05, 4.69) is 53.8 Å². The molecule has 3 saturated heterocycles. The van der Waals surface area contributed by atoms with Crippen molar-refractivity contribution in [3.8, 4) is 12.3 Å². The van der Waals surface area contributed by atoms with Crippen LogP contribution >= 0.6 is 12.2 Å². The Morgan fingerprint density at radius 1 is 0.585 bits per heavy atom. The van der Waals surface area contributed by atoms with Crippen LogP contribution < -0.4 is 47.9 Å². The molecule has 3 aliphatic rings. The average Bonchev–Trinajstić information content (AvgIpc) is 3.14. The molecular weight excluding hydrogens is 707 g/mol. The predicted octanol–water partition coefficient (Wildman–Crippen LogP) is -3.23. The van der Waals surface area contributed by atoms with Crippen molar-refractivity contribution in [2.75, 3.05) is 178 Å². The Hall–Kier alpha value is -1.80. The van der Waals surface area contributed by atoms with Crippen LogP contribution in [0.15, 0.2) is 0 Å². The van der Waals surface area contributed by atoms with E-state index in [-0.39, 0.29) is 17.9 Å². The second kappa shape index (κ2) is 32.4. The van der Waals surface area contributed by atoms with Crippen LogP contribution in [0.25, 0.3) is 0 Å². The number of hydrogen-bond donors (Lipinski definition) is 9. The van der Waals surface area contributed by atoms with Crippen LogP contribution in [0.5, 0.6) is 0 Å². The van der Waals surface area contributed by atoms with Gasteiger partial charge in [-0.1, -0.05) is 0 Å². The van der Waals surface area contributed by atoms with Crippen LogP contribution in [-0.4, -0.2) is 200 Å². The zero-order valence-electron chi connectivity index (χ0n) is 32.1. The summed E-state index contributed by atoms with van der Waals surface area (Å²) < 4.78 is 38.0. The van der Waals surface area contributed by atoms with Gasteiger partial charge >= 0.3 is 0 Å². The van der Waals surface area contributed by atoms with Gasteiger partial charge in [-0.05, 0) is 12.2 Å². The Labute approximate surface area is 322 Å². The van der Waals surface area contributed by atoms with E-state index in [4.69, 9.17) is 51.8 Å². The first-order chi connectivity index (χ1) is 26.0. The van der Waals surface area contributed by atoms with E-state index >= 15 is 0 Å². The third-order valence-electron chi connectivity index (χ3n) is 8.32. The summed E-state index contributed by atoms with van der Waals surface area (Å²) in [6, 6.07) is 0. The van der Waals surface area contributed by atoms with Gasteiger partial charge in [-0.25, -0.2) is 0 Å². The van der Waals surface area contributed by atoms with Crippen molar-refractivity contribution >= 4 is 23.2 Å². The van der Waals surface area contributed by atoms with Crippen molar-refractivity contribution < 1.29 is 38.0 Å². The lowest BCUT2D eigenvalue weighted by atomic mass is 9.97. The molecule has 308 valence electrons. The van der Waals surface area contributed by atoms with E-state index in [1.165, 1.54) is 0 Å². The number of rotatable bonds is 25. The predicted molar refractivity (Wildman–Crippen MR) is 209 cm³/mol. The average molecular weight is 776 g/mol. The topological polar surface area (TPSA) is 190 Å². The Balaban J connectivity index is 1.64. The Kier molecular flexibility index (Phi) is 29.0. The van der Waals surface area contributed by atoms with Crippen molar-refractivity contribution in [1.29, 1.82) is 0 Å². The molecule has 3 heterocycles. The lowest BCUT2D eigenvalue weighted by Gasteiger charge is -2.39. The molecule has 53 heavy (non-hydrogen) atoms. The van der Waals surface area contributed by atoms with Gasteiger partial charge in [0.1, 0.15) is 0 Å². The van der Waals surface area contributed by atoms with E-state index in [1.807, 2.05) is 0 Å². The summed E-state index contributed by atoms with van der Waals surface area (Å²) in [4.78, 5) is 13.2. The van der Waals surface area contributed by atoms with Gasteiger partial charge in [-0.15, -0.1) is 12.3 Å². The molecule has 17 nitrogen and oxygen atoms in total. The van der Waals surface area contributed by atoms with Crippen molar-refractivity contribution in [3.63, 3.8) is 0 Å². The fourth-order valence-electron chi connectivity index (χ4n) is 5.54. The summed E-state index contributed by atoms with van der Waals surface area (Å²) in [5, 5.41) is 32.2. The lowest BCUT2D eigenvalue weighted by molar-refractivity contribution is -0.124. The summed E-state index contributed by atoms with van der Waals surface area (Å²) in [5.74, 6) is 2.59. The smallest absolute Gasteiger partial charge is 0.222 e. The highest BCUT2D eigenvalue weighted by Gasteiger charge is 2.33. The van der Waals surface area contributed by atoms with Gasteiger partial charge in [-0.3, -0.25) is 4.79 Å². The van der Waals surface area contributed by atoms with Crippen LogP contribution in [0.4, 0.5) is 0 Å². The number of methoxy groups -OCH3 is 1. The summed E-state index contributed by atoms with van der Waals surface area (Å²) in [5.41, 5.74) is -0.864. The maximum absolute atomic E-state index is 13.2. The third kappa shape index (κ3) is 25.1. The molecule has 3 fully saturated rings. The van der Waals surface area contributed by atoms with E-state index in [0.717, 1.165) is 39.3 Å². The van der Waals surface area contributed by atoms with E-state index < -0.39 is 5.54 Å². The standard InChI is InChI=1S/C35H69N9O8S/c1-3-4-6-42-33(53)44-35-29-39-10-7-36-26-34(27-37-8-11-40-30-35,28-38-9-12-41-31-35)43-32(45)5-13-47-16-17-49-20-21-51-24-25-52-23-22-50-19-18-48-15-14-46-2/h1,36-41H,4-31H2,2H3,(H,43,45)(H2,42,44,53). The fraction of sp³-hybridized carbons (Fsp3) is 0.886. The zero-order chi connectivity index (χ0) is 38.0. The molecular formula is C35H69N9O8S. The summed E-state index contributed by atoms with van der Waals surface area (Å²) in [6.45, 7) is 15.4. The number of hydrogen-bond acceptors (Lipinski definition) is 15. The number of terminal acetylenes is 1. The van der Waals surface area contributed by atoms with Gasteiger partial charge in [0, 0.05) is 105 Å². The van der Waals surface area contributed by atoms with Gasteiger partial charge in [0.05, 0.1) is 97.0 Å². The minimum Gasteiger partial charge on any atom is -0.382 e. The van der Waals surface area contributed by atoms with Crippen LogP contribution in [0.3, 0.4) is 0 Å². The second-order valence-electron chi connectivity index (χ2n) is 12.9. The number of fused-ring (bicyclic) bond motifs is 15. The largest absolute Gasteiger partial charge is 0.382 e. The molecule has 0 radical (unpaired) electrons. The van der Waals surface area contributed by atoms with Crippen molar-refractivity contribution in [2.24, 2.45) is 0 Å². The van der Waals surface area contributed by atoms with Crippen LogP contribution in [0.2, 0.25) is 0 Å². The Morgan fingerprint density at radius 2 is 0.925 bits per heavy atom. The van der Waals surface area contributed by atoms with Crippen molar-refractivity contribution in [1.82, 2.24) is 47.9 Å². The molecule has 0 spiro atoms. The fourth-order valence-corrected chi connectivity index (χ4v) is 5.86. The van der Waals surface area contributed by atoms with Crippen molar-refractivity contribution in [3.05, 3.63) is 0 Å². The third-order valence-corrected chi connectivity index (χ3v) is 8.57. The highest BCUT2D eigenvalue weighted by Crippen LogP contribution is 2.06. The maximum Gasteiger partial charge on any atom is 0.222 e. The maximum atomic E-state index is 13.2. The first-order valence-electron chi connectivity index (χ1n) is 19.0. The second-order valence-corrected chi connectivity index (χ2v) is 13.3. The molecule has 0 aliphatic carbocycles. The SMILES string of the molecule is C#CCCNC(=S)NC12CNCCNCC(NC(=O)CCOCCOCCOCCOCCOCCOCCOC)(CNCCNC1)CNCCNC2. The molecule has 0 aromatic rings. The first kappa shape index (κ1) is 47.4. The number of carbonyl (C=O) groups is 1. The highest BCUT2D eigenvalue weighted by atomic mass is 32.1. The van der Waals surface area contributed by atoms with Gasteiger partial charge in [0.2, 0.25) is 5.91 Å². The van der Waals surface area contributed by atoms with E-state index in [9.17, 15) is 4.79 Å². The molecule has 1 amide bonds. The molecule has 0 aromatic heterocycles. The number of nitrogens with one attached hydrogen (secondary N) is 9. The summed E-state index contributed by atoms with van der Waals surface area (Å²) >= 11 is 5.62. The quantitative estimate of drug-likeness (QED) is 0.0256. The number of thiocarbonyl (C=S) groups is 1. The molecule has 0 aromatic carbocycles. The first-order valence-corrected chi connectivity index (χ1v) is 19.4. The highest BCUT2D eigenvalue weighted by molar-refractivity contribution is 7.80. The monoisotopic (exact) mass is 775 g/mol. The molecule has 0 unspecified atom stereocenters. The Morgan fingerprint density at radius 3 is 1.28 bits per heavy atom.